The van der Waals surface area contributed by atoms with Crippen LogP contribution in [0.1, 0.15) is 10.8 Å². The van der Waals surface area contributed by atoms with Gasteiger partial charge in [-0.2, -0.15) is 4.98 Å². The van der Waals surface area contributed by atoms with Crippen LogP contribution in [0.25, 0.3) is 11.4 Å². The third-order valence-corrected chi connectivity index (χ3v) is 6.87. The number of benzene rings is 1. The number of carbonyl (C=O) groups is 3. The Morgan fingerprint density at radius 2 is 1.66 bits per heavy atom. The van der Waals surface area contributed by atoms with Crippen LogP contribution >= 0.6 is 11.3 Å². The zero-order valence-electron chi connectivity index (χ0n) is 19.1. The molecule has 0 N–H and O–H groups in total. The molecule has 11 nitrogen and oxygen atoms in total. The van der Waals surface area contributed by atoms with E-state index in [1.165, 1.54) is 11.3 Å². The van der Waals surface area contributed by atoms with Gasteiger partial charge in [0.25, 0.3) is 0 Å². The molecule has 4 amide bonds. The van der Waals surface area contributed by atoms with Gasteiger partial charge in [-0.1, -0.05) is 11.2 Å². The van der Waals surface area contributed by atoms with E-state index in [0.717, 1.165) is 26.0 Å². The molecule has 182 valence electrons. The van der Waals surface area contributed by atoms with Crippen molar-refractivity contribution in [1.82, 2.24) is 29.7 Å². The fourth-order valence-electron chi connectivity index (χ4n) is 4.03. The Morgan fingerprint density at radius 3 is 2.34 bits per heavy atom. The van der Waals surface area contributed by atoms with Gasteiger partial charge in [-0.05, 0) is 35.7 Å². The van der Waals surface area contributed by atoms with E-state index in [-0.39, 0.29) is 13.2 Å². The summed E-state index contributed by atoms with van der Waals surface area (Å²) in [5, 5.41) is 5.94. The Morgan fingerprint density at radius 1 is 0.943 bits per heavy atom. The van der Waals surface area contributed by atoms with Crippen molar-refractivity contribution in [3.05, 3.63) is 52.5 Å². The molecule has 4 heterocycles. The molecule has 0 unspecified atom stereocenters. The first kappa shape index (κ1) is 23.1. The van der Waals surface area contributed by atoms with Crippen molar-refractivity contribution in [2.75, 3.05) is 40.0 Å². The second kappa shape index (κ2) is 9.94. The quantitative estimate of drug-likeness (QED) is 0.341. The number of hydrogen-bond acceptors (Lipinski definition) is 10. The van der Waals surface area contributed by atoms with Gasteiger partial charge in [0.1, 0.15) is 5.75 Å². The van der Waals surface area contributed by atoms with Gasteiger partial charge in [-0.25, -0.2) is 9.69 Å². The number of rotatable bonds is 8. The van der Waals surface area contributed by atoms with Gasteiger partial charge >= 0.3 is 17.8 Å². The Labute approximate surface area is 205 Å². The molecule has 3 aromatic rings. The van der Waals surface area contributed by atoms with Gasteiger partial charge in [-0.3, -0.25) is 24.3 Å². The first-order chi connectivity index (χ1) is 17.0. The normalized spacial score (nSPS) is 17.6. The second-order valence-electron chi connectivity index (χ2n) is 8.26. The first-order valence-electron chi connectivity index (χ1n) is 11.1. The SMILES string of the molecule is COc1ccc(-c2noc(CN3CCN(CN4C(=O)C(=O)N(Cc5cccs5)C4=O)CC3)n2)cc1. The summed E-state index contributed by atoms with van der Waals surface area (Å²) in [6.07, 6.45) is 0. The van der Waals surface area contributed by atoms with Crippen molar-refractivity contribution < 1.29 is 23.6 Å². The summed E-state index contributed by atoms with van der Waals surface area (Å²) in [5.74, 6) is 0.248. The third-order valence-electron chi connectivity index (χ3n) is 6.01. The molecule has 35 heavy (non-hydrogen) atoms. The van der Waals surface area contributed by atoms with Crippen LogP contribution < -0.4 is 4.74 Å². The molecule has 0 atom stereocenters. The predicted octanol–water partition coefficient (Wildman–Crippen LogP) is 1.87. The number of piperazine rings is 1. The van der Waals surface area contributed by atoms with E-state index >= 15 is 0 Å². The molecule has 2 aliphatic rings. The van der Waals surface area contributed by atoms with E-state index in [0.29, 0.717) is 44.4 Å². The van der Waals surface area contributed by atoms with E-state index in [1.807, 2.05) is 46.7 Å². The molecule has 1 aromatic carbocycles. The number of thiophene rings is 1. The Hall–Kier alpha value is -3.61. The number of aromatic nitrogens is 2. The lowest BCUT2D eigenvalue weighted by Gasteiger charge is -2.35. The summed E-state index contributed by atoms with van der Waals surface area (Å²) in [6.45, 7) is 3.39. The molecule has 12 heteroatoms. The van der Waals surface area contributed by atoms with Crippen LogP contribution in [0.15, 0.2) is 46.3 Å². The Kier molecular flexibility index (Phi) is 6.57. The van der Waals surface area contributed by atoms with Gasteiger partial charge in [0.2, 0.25) is 11.7 Å². The molecule has 2 fully saturated rings. The molecule has 2 aromatic heterocycles. The largest absolute Gasteiger partial charge is 0.497 e. The maximum Gasteiger partial charge on any atom is 0.335 e. The van der Waals surface area contributed by atoms with Crippen LogP contribution in [0.3, 0.4) is 0 Å². The molecule has 2 saturated heterocycles. The number of ether oxygens (including phenoxy) is 1. The number of carbonyl (C=O) groups excluding carboxylic acids is 3. The number of urea groups is 1. The van der Waals surface area contributed by atoms with Crippen LogP contribution in [-0.4, -0.2) is 87.5 Å². The predicted molar refractivity (Wildman–Crippen MR) is 125 cm³/mol. The smallest absolute Gasteiger partial charge is 0.335 e. The summed E-state index contributed by atoms with van der Waals surface area (Å²) in [5.41, 5.74) is 0.841. The average molecular weight is 497 g/mol. The number of amides is 4. The Bertz CT molecular complexity index is 1200. The van der Waals surface area contributed by atoms with Crippen LogP contribution in [0, 0.1) is 0 Å². The van der Waals surface area contributed by atoms with Crippen molar-refractivity contribution in [1.29, 1.82) is 0 Å². The summed E-state index contributed by atoms with van der Waals surface area (Å²) in [6, 6.07) is 10.6. The topological polar surface area (TPSA) is 112 Å². The maximum atomic E-state index is 12.7. The lowest BCUT2D eigenvalue weighted by atomic mass is 10.2. The highest BCUT2D eigenvalue weighted by atomic mass is 32.1. The molecule has 0 bridgehead atoms. The van der Waals surface area contributed by atoms with E-state index < -0.39 is 17.8 Å². The molecule has 0 radical (unpaired) electrons. The highest BCUT2D eigenvalue weighted by Gasteiger charge is 2.45. The van der Waals surface area contributed by atoms with Crippen molar-refractivity contribution in [3.8, 4) is 17.1 Å². The van der Waals surface area contributed by atoms with Gasteiger partial charge in [0.15, 0.2) is 0 Å². The minimum Gasteiger partial charge on any atom is -0.497 e. The van der Waals surface area contributed by atoms with Crippen molar-refractivity contribution in [3.63, 3.8) is 0 Å². The number of hydrogen-bond donors (Lipinski definition) is 0. The molecule has 5 rings (SSSR count). The molecular weight excluding hydrogens is 472 g/mol. The van der Waals surface area contributed by atoms with Gasteiger partial charge in [-0.15, -0.1) is 11.3 Å². The number of nitrogens with zero attached hydrogens (tertiary/aromatic N) is 6. The average Bonchev–Trinajstić information content (AvgIpc) is 3.61. The van der Waals surface area contributed by atoms with Gasteiger partial charge in [0.05, 0.1) is 26.9 Å². The van der Waals surface area contributed by atoms with E-state index in [2.05, 4.69) is 15.0 Å². The van der Waals surface area contributed by atoms with Crippen molar-refractivity contribution in [2.45, 2.75) is 13.1 Å². The zero-order valence-corrected chi connectivity index (χ0v) is 19.9. The molecule has 0 aliphatic carbocycles. The van der Waals surface area contributed by atoms with E-state index in [1.54, 1.807) is 7.11 Å². The summed E-state index contributed by atoms with van der Waals surface area (Å²) in [7, 11) is 1.61. The minimum absolute atomic E-state index is 0.0976. The van der Waals surface area contributed by atoms with Crippen molar-refractivity contribution >= 4 is 29.2 Å². The zero-order chi connectivity index (χ0) is 24.4. The third kappa shape index (κ3) is 4.94. The monoisotopic (exact) mass is 496 g/mol. The summed E-state index contributed by atoms with van der Waals surface area (Å²) in [4.78, 5) is 49.1. The highest BCUT2D eigenvalue weighted by Crippen LogP contribution is 2.21. The Balaban J connectivity index is 1.12. The fourth-order valence-corrected chi connectivity index (χ4v) is 4.72. The van der Waals surface area contributed by atoms with Crippen molar-refractivity contribution in [2.24, 2.45) is 0 Å². The van der Waals surface area contributed by atoms with Crippen LogP contribution in [-0.2, 0) is 22.7 Å². The van der Waals surface area contributed by atoms with Crippen LogP contribution in [0.2, 0.25) is 0 Å². The van der Waals surface area contributed by atoms with Gasteiger partial charge < -0.3 is 9.26 Å². The fraction of sp³-hybridized carbons (Fsp3) is 0.348. The summed E-state index contributed by atoms with van der Waals surface area (Å²) < 4.78 is 10.6. The molecule has 0 saturated carbocycles. The first-order valence-corrected chi connectivity index (χ1v) is 12.0. The number of methoxy groups -OCH3 is 1. The lowest BCUT2D eigenvalue weighted by molar-refractivity contribution is -0.144. The van der Waals surface area contributed by atoms with E-state index in [9.17, 15) is 14.4 Å². The summed E-state index contributed by atoms with van der Waals surface area (Å²) >= 11 is 1.44. The minimum atomic E-state index is -0.772. The van der Waals surface area contributed by atoms with Crippen LogP contribution in [0.4, 0.5) is 4.79 Å². The lowest BCUT2D eigenvalue weighted by Crippen LogP contribution is -2.51. The van der Waals surface area contributed by atoms with Gasteiger partial charge in [0, 0.05) is 36.6 Å². The second-order valence-corrected chi connectivity index (χ2v) is 9.29. The molecule has 2 aliphatic heterocycles. The number of imide groups is 2. The maximum absolute atomic E-state index is 12.7. The molecule has 0 spiro atoms. The highest BCUT2D eigenvalue weighted by molar-refractivity contribution is 7.09. The van der Waals surface area contributed by atoms with E-state index in [4.69, 9.17) is 9.26 Å². The molecular formula is C23H24N6O5S. The standard InChI is InChI=1S/C23H24N6O5S/c1-33-17-6-4-16(5-7-17)20-24-19(34-25-20)14-26-8-10-27(11-9-26)15-29-22(31)21(30)28(23(29)32)13-18-3-2-12-35-18/h2-7,12H,8-11,13-15H2,1H3. The van der Waals surface area contributed by atoms with Crippen LogP contribution in [0.5, 0.6) is 5.75 Å².